The molecule has 1 amide bonds. The van der Waals surface area contributed by atoms with Gasteiger partial charge in [0, 0.05) is 13.0 Å². The first-order valence-corrected chi connectivity index (χ1v) is 6.94. The van der Waals surface area contributed by atoms with E-state index in [1.165, 1.54) is 0 Å². The molecule has 0 heterocycles. The second kappa shape index (κ2) is 6.99. The molecule has 0 saturated heterocycles. The maximum Gasteiger partial charge on any atom is 0.330 e. The maximum absolute atomic E-state index is 11.4. The molecular weight excluding hydrogens is 217 g/mol. The van der Waals surface area contributed by atoms with Crippen molar-refractivity contribution in [2.24, 2.45) is 0 Å². The molecule has 6 heteroatoms. The fourth-order valence-electron chi connectivity index (χ4n) is 0.870. The summed E-state index contributed by atoms with van der Waals surface area (Å²) in [6.07, 6.45) is 0.791. The molecule has 0 aromatic heterocycles. The molecule has 0 bridgehead atoms. The van der Waals surface area contributed by atoms with Crippen molar-refractivity contribution in [1.29, 1.82) is 0 Å². The minimum Gasteiger partial charge on any atom is -0.355 e. The van der Waals surface area contributed by atoms with E-state index in [1.807, 2.05) is 6.92 Å². The Morgan fingerprint density at radius 1 is 1.53 bits per heavy atom. The highest BCUT2D eigenvalue weighted by atomic mass is 31.2. The van der Waals surface area contributed by atoms with Crippen molar-refractivity contribution in [1.82, 2.24) is 5.32 Å². The summed E-state index contributed by atoms with van der Waals surface area (Å²) in [5, 5.41) is 2.53. The zero-order valence-corrected chi connectivity index (χ0v) is 10.4. The predicted molar refractivity (Wildman–Crippen MR) is 58.8 cm³/mol. The van der Waals surface area contributed by atoms with Crippen LogP contribution in [0, 0.1) is 0 Å². The molecule has 0 aromatic carbocycles. The molecule has 2 unspecified atom stereocenters. The van der Waals surface area contributed by atoms with Gasteiger partial charge >= 0.3 is 7.60 Å². The second-order valence-electron chi connectivity index (χ2n) is 3.39. The van der Waals surface area contributed by atoms with E-state index >= 15 is 0 Å². The van der Waals surface area contributed by atoms with E-state index in [9.17, 15) is 14.3 Å². The summed E-state index contributed by atoms with van der Waals surface area (Å²) < 4.78 is 16.4. The van der Waals surface area contributed by atoms with Crippen LogP contribution in [-0.4, -0.2) is 29.6 Å². The second-order valence-corrected chi connectivity index (χ2v) is 5.32. The Labute approximate surface area is 90.7 Å². The van der Waals surface area contributed by atoms with Gasteiger partial charge in [-0.3, -0.25) is 9.36 Å². The van der Waals surface area contributed by atoms with Crippen molar-refractivity contribution in [2.75, 3.05) is 12.7 Å². The van der Waals surface area contributed by atoms with Crippen molar-refractivity contribution >= 4 is 13.5 Å². The third kappa shape index (κ3) is 7.54. The molecule has 2 atom stereocenters. The quantitative estimate of drug-likeness (QED) is 0.658. The zero-order chi connectivity index (χ0) is 11.9. The lowest BCUT2D eigenvalue weighted by Crippen LogP contribution is -2.26. The van der Waals surface area contributed by atoms with Gasteiger partial charge in [-0.2, -0.15) is 0 Å². The van der Waals surface area contributed by atoms with Crippen molar-refractivity contribution in [3.8, 4) is 0 Å². The van der Waals surface area contributed by atoms with Crippen molar-refractivity contribution in [3.63, 3.8) is 0 Å². The fourth-order valence-corrected chi connectivity index (χ4v) is 2.08. The molecule has 0 radical (unpaired) electrons. The van der Waals surface area contributed by atoms with Crippen LogP contribution in [0.5, 0.6) is 0 Å². The van der Waals surface area contributed by atoms with Crippen LogP contribution in [0.2, 0.25) is 0 Å². The van der Waals surface area contributed by atoms with Crippen LogP contribution in [0.3, 0.4) is 0 Å². The van der Waals surface area contributed by atoms with E-state index in [2.05, 4.69) is 5.32 Å². The Hall–Kier alpha value is -0.380. The van der Waals surface area contributed by atoms with Crippen molar-refractivity contribution < 1.29 is 18.8 Å². The number of amides is 1. The van der Waals surface area contributed by atoms with Gasteiger partial charge < -0.3 is 14.7 Å². The van der Waals surface area contributed by atoms with Gasteiger partial charge in [0.1, 0.15) is 0 Å². The van der Waals surface area contributed by atoms with Gasteiger partial charge in [0.05, 0.1) is 12.3 Å². The molecule has 0 rings (SSSR count). The van der Waals surface area contributed by atoms with Crippen LogP contribution in [0.1, 0.15) is 33.6 Å². The van der Waals surface area contributed by atoms with Crippen LogP contribution in [0.15, 0.2) is 0 Å². The van der Waals surface area contributed by atoms with Crippen LogP contribution < -0.4 is 5.32 Å². The standard InChI is InChI=1S/C9H20NO4P/c1-4-8(3)14-15(12,13)7-6-10-9(11)5-2/h8H,4-7H2,1-3H3,(H,10,11)(H,12,13). The smallest absolute Gasteiger partial charge is 0.330 e. The first-order valence-electron chi connectivity index (χ1n) is 5.18. The molecule has 0 saturated carbocycles. The zero-order valence-electron chi connectivity index (χ0n) is 9.52. The molecule has 0 aliphatic heterocycles. The summed E-state index contributed by atoms with van der Waals surface area (Å²) in [5.74, 6) is -0.126. The van der Waals surface area contributed by atoms with E-state index in [0.717, 1.165) is 0 Å². The third-order valence-corrected chi connectivity index (χ3v) is 3.44. The van der Waals surface area contributed by atoms with Gasteiger partial charge in [-0.25, -0.2) is 0 Å². The van der Waals surface area contributed by atoms with Crippen LogP contribution >= 0.6 is 7.60 Å². The molecule has 5 nitrogen and oxygen atoms in total. The topological polar surface area (TPSA) is 75.6 Å². The number of carbonyl (C=O) groups is 1. The molecule has 0 fully saturated rings. The maximum atomic E-state index is 11.4. The lowest BCUT2D eigenvalue weighted by molar-refractivity contribution is -0.120. The van der Waals surface area contributed by atoms with Gasteiger partial charge in [-0.15, -0.1) is 0 Å². The molecule has 0 spiro atoms. The minimum atomic E-state index is -3.55. The number of hydrogen-bond acceptors (Lipinski definition) is 3. The normalized spacial score (nSPS) is 16.8. The average Bonchev–Trinajstić information content (AvgIpc) is 2.16. The number of carbonyl (C=O) groups excluding carboxylic acids is 1. The van der Waals surface area contributed by atoms with Gasteiger partial charge in [-0.05, 0) is 13.3 Å². The summed E-state index contributed by atoms with van der Waals surface area (Å²) in [5.41, 5.74) is 0. The first-order chi connectivity index (χ1) is 6.91. The number of rotatable bonds is 7. The van der Waals surface area contributed by atoms with Crippen LogP contribution in [0.25, 0.3) is 0 Å². The van der Waals surface area contributed by atoms with Gasteiger partial charge in [-0.1, -0.05) is 13.8 Å². The Morgan fingerprint density at radius 2 is 2.13 bits per heavy atom. The van der Waals surface area contributed by atoms with E-state index in [0.29, 0.717) is 12.8 Å². The van der Waals surface area contributed by atoms with E-state index in [-0.39, 0.29) is 24.7 Å². The summed E-state index contributed by atoms with van der Waals surface area (Å²) in [7, 11) is -3.55. The number of nitrogens with one attached hydrogen (secondary N) is 1. The molecule has 90 valence electrons. The molecular formula is C9H20NO4P. The van der Waals surface area contributed by atoms with Crippen LogP contribution in [-0.2, 0) is 13.9 Å². The van der Waals surface area contributed by atoms with E-state index in [1.54, 1.807) is 13.8 Å². The van der Waals surface area contributed by atoms with E-state index in [4.69, 9.17) is 4.52 Å². The summed E-state index contributed by atoms with van der Waals surface area (Å²) in [4.78, 5) is 20.2. The summed E-state index contributed by atoms with van der Waals surface area (Å²) in [6, 6.07) is 0. The lowest BCUT2D eigenvalue weighted by atomic mass is 10.3. The Bertz CT molecular complexity index is 244. The van der Waals surface area contributed by atoms with Gasteiger partial charge in [0.15, 0.2) is 0 Å². The highest BCUT2D eigenvalue weighted by Gasteiger charge is 2.21. The molecule has 0 aromatic rings. The average molecular weight is 237 g/mol. The SMILES string of the molecule is CCC(=O)NCCP(=O)(O)OC(C)CC. The monoisotopic (exact) mass is 237 g/mol. The highest BCUT2D eigenvalue weighted by Crippen LogP contribution is 2.42. The molecule has 15 heavy (non-hydrogen) atoms. The molecule has 0 aliphatic rings. The Balaban J connectivity index is 3.84. The number of hydrogen-bond donors (Lipinski definition) is 2. The van der Waals surface area contributed by atoms with Crippen molar-refractivity contribution in [2.45, 2.75) is 39.7 Å². The summed E-state index contributed by atoms with van der Waals surface area (Å²) in [6.45, 7) is 5.53. The van der Waals surface area contributed by atoms with Gasteiger partial charge in [0.25, 0.3) is 0 Å². The first kappa shape index (κ1) is 14.6. The minimum absolute atomic E-state index is 0.0386. The molecule has 0 aliphatic carbocycles. The summed E-state index contributed by atoms with van der Waals surface area (Å²) >= 11 is 0. The Morgan fingerprint density at radius 3 is 2.60 bits per heavy atom. The Kier molecular flexibility index (Phi) is 6.81. The predicted octanol–water partition coefficient (Wildman–Crippen LogP) is 1.51. The van der Waals surface area contributed by atoms with Crippen LogP contribution in [0.4, 0.5) is 0 Å². The lowest BCUT2D eigenvalue weighted by Gasteiger charge is -2.16. The molecule has 2 N–H and O–H groups in total. The largest absolute Gasteiger partial charge is 0.355 e. The third-order valence-electron chi connectivity index (χ3n) is 1.96. The van der Waals surface area contributed by atoms with Gasteiger partial charge in [0.2, 0.25) is 5.91 Å². The fraction of sp³-hybridized carbons (Fsp3) is 0.889. The van der Waals surface area contributed by atoms with Crippen molar-refractivity contribution in [3.05, 3.63) is 0 Å². The highest BCUT2D eigenvalue weighted by molar-refractivity contribution is 7.52. The van der Waals surface area contributed by atoms with E-state index < -0.39 is 7.60 Å².